The van der Waals surface area contributed by atoms with E-state index in [9.17, 15) is 31.5 Å². The predicted molar refractivity (Wildman–Crippen MR) is 113 cm³/mol. The number of carbonyl (C=O) groups excluding carboxylic acids is 2. The second kappa shape index (κ2) is 11.4. The number of rotatable bonds is 9. The van der Waals surface area contributed by atoms with E-state index in [1.165, 1.54) is 4.90 Å². The van der Waals surface area contributed by atoms with Gasteiger partial charge in [-0.25, -0.2) is 9.36 Å². The van der Waals surface area contributed by atoms with Gasteiger partial charge in [-0.3, -0.25) is 4.79 Å². The van der Waals surface area contributed by atoms with E-state index in [0.717, 1.165) is 6.42 Å². The summed E-state index contributed by atoms with van der Waals surface area (Å²) in [6, 6.07) is 10.1. The summed E-state index contributed by atoms with van der Waals surface area (Å²) in [5.74, 6) is -5.56. The number of alkyl carbamates (subject to hydrolysis) is 1. The number of hydrogen-bond donors (Lipinski definition) is 1. The topological polar surface area (TPSA) is 62.5 Å². The fourth-order valence-electron chi connectivity index (χ4n) is 2.77. The van der Waals surface area contributed by atoms with Crippen LogP contribution in [0.2, 0.25) is 0 Å². The number of nitrogens with one attached hydrogen (secondary N) is 1. The van der Waals surface area contributed by atoms with Crippen LogP contribution in [0.5, 0.6) is 0 Å². The molecule has 0 fully saturated rings. The molecule has 0 aliphatic carbocycles. The second-order valence-corrected chi connectivity index (χ2v) is 7.89. The van der Waals surface area contributed by atoms with Gasteiger partial charge in [-0.1, -0.05) is 25.1 Å². The summed E-state index contributed by atoms with van der Waals surface area (Å²) in [6.45, 7) is 0.190. The summed E-state index contributed by atoms with van der Waals surface area (Å²) in [5, 5.41) is 2.09. The number of nitrogens with zero attached hydrogens (tertiary/aromatic N) is 2. The van der Waals surface area contributed by atoms with Gasteiger partial charge in [-0.15, -0.1) is 0 Å². The van der Waals surface area contributed by atoms with Crippen LogP contribution in [0.3, 0.4) is 0 Å². The molecule has 0 saturated heterocycles. The van der Waals surface area contributed by atoms with E-state index in [2.05, 4.69) is 26.0 Å². The Morgan fingerprint density at radius 1 is 1.12 bits per heavy atom. The second-order valence-electron chi connectivity index (χ2n) is 6.98. The van der Waals surface area contributed by atoms with Gasteiger partial charge in [0.15, 0.2) is 19.0 Å². The average Bonchev–Trinajstić information content (AvgIpc) is 2.74. The lowest BCUT2D eigenvalue weighted by Gasteiger charge is -2.23. The number of ether oxygens (including phenoxy) is 1. The van der Waals surface area contributed by atoms with Crippen molar-refractivity contribution in [3.8, 4) is 0 Å². The number of alkyl halides is 5. The monoisotopic (exact) mass is 538 g/mol. The third-order valence-electron chi connectivity index (χ3n) is 4.33. The molecule has 0 unspecified atom stereocenters. The molecule has 12 heteroatoms. The molecule has 0 aliphatic rings. The number of aryl methyl sites for hydroxylation is 1. The van der Waals surface area contributed by atoms with Crippen LogP contribution in [0.4, 0.5) is 32.4 Å². The summed E-state index contributed by atoms with van der Waals surface area (Å²) in [7, 11) is 0. The predicted octanol–water partition coefficient (Wildman–Crippen LogP) is 4.72. The number of para-hydroxylation sites is 1. The highest BCUT2D eigenvalue weighted by Gasteiger charge is 2.58. The smallest absolute Gasteiger partial charge is 0.443 e. The maximum absolute atomic E-state index is 13.2. The number of aromatic nitrogens is 1. The molecule has 1 aromatic heterocycles. The van der Waals surface area contributed by atoms with Crippen molar-refractivity contribution in [3.63, 3.8) is 0 Å². The van der Waals surface area contributed by atoms with E-state index in [1.807, 2.05) is 17.7 Å². The van der Waals surface area contributed by atoms with Crippen LogP contribution in [0, 0.1) is 0 Å². The van der Waals surface area contributed by atoms with Crippen molar-refractivity contribution in [3.05, 3.63) is 58.8 Å². The van der Waals surface area contributed by atoms with Crippen LogP contribution in [0.25, 0.3) is 0 Å². The quantitative estimate of drug-likeness (QED) is 0.371. The third-order valence-corrected chi connectivity index (χ3v) is 4.77. The lowest BCUT2D eigenvalue weighted by molar-refractivity contribution is -0.697. The van der Waals surface area contributed by atoms with Crippen molar-refractivity contribution >= 4 is 33.6 Å². The lowest BCUT2D eigenvalue weighted by atomic mass is 10.2. The number of halogens is 6. The highest BCUT2D eigenvalue weighted by atomic mass is 79.9. The molecule has 2 rings (SSSR count). The summed E-state index contributed by atoms with van der Waals surface area (Å²) < 4.78 is 68.8. The van der Waals surface area contributed by atoms with Crippen LogP contribution < -0.4 is 14.8 Å². The van der Waals surface area contributed by atoms with Crippen molar-refractivity contribution < 1.29 is 40.8 Å². The van der Waals surface area contributed by atoms with E-state index in [-0.39, 0.29) is 13.1 Å². The molecule has 180 valence electrons. The zero-order chi connectivity index (χ0) is 24.6. The van der Waals surface area contributed by atoms with Gasteiger partial charge in [0, 0.05) is 25.2 Å². The van der Waals surface area contributed by atoms with Crippen LogP contribution in [-0.2, 0) is 11.3 Å². The summed E-state index contributed by atoms with van der Waals surface area (Å²) in [5.41, 5.74) is 0.859. The minimum absolute atomic E-state index is 0.0894. The van der Waals surface area contributed by atoms with Gasteiger partial charge in [0.1, 0.15) is 12.1 Å². The van der Waals surface area contributed by atoms with Crippen LogP contribution in [0.15, 0.2) is 53.3 Å². The van der Waals surface area contributed by atoms with Gasteiger partial charge < -0.3 is 15.0 Å². The molecule has 0 atom stereocenters. The molecule has 6 nitrogen and oxygen atoms in total. The van der Waals surface area contributed by atoms with Crippen molar-refractivity contribution in [2.24, 2.45) is 0 Å². The Kier molecular flexibility index (Phi) is 9.15. The molecule has 0 saturated carbocycles. The Morgan fingerprint density at radius 2 is 1.79 bits per heavy atom. The molecule has 1 N–H and O–H groups in total. The van der Waals surface area contributed by atoms with Crippen molar-refractivity contribution in [1.82, 2.24) is 5.32 Å². The van der Waals surface area contributed by atoms with Crippen LogP contribution in [-0.4, -0.2) is 43.8 Å². The summed E-state index contributed by atoms with van der Waals surface area (Å²) in [6.07, 6.45) is -2.95. The molecule has 2 amide bonds. The van der Waals surface area contributed by atoms with Gasteiger partial charge in [0.2, 0.25) is 0 Å². The van der Waals surface area contributed by atoms with E-state index >= 15 is 0 Å². The number of carbonyl (C=O) groups is 2. The van der Waals surface area contributed by atoms with E-state index in [0.29, 0.717) is 22.3 Å². The molecule has 0 spiro atoms. The maximum atomic E-state index is 13.2. The van der Waals surface area contributed by atoms with E-state index in [1.54, 1.807) is 42.6 Å². The van der Waals surface area contributed by atoms with E-state index in [4.69, 9.17) is 0 Å². The van der Waals surface area contributed by atoms with Crippen molar-refractivity contribution in [2.45, 2.75) is 32.0 Å². The SMILES string of the molecule is CCC[n+]1cc(Br)cc(C(=O)N(CCNC(=O)OCC(F)(F)C(F)(F)F)c2ccccc2)c1. The number of hydrogen-bond acceptors (Lipinski definition) is 3. The minimum atomic E-state index is -5.83. The molecule has 0 bridgehead atoms. The highest BCUT2D eigenvalue weighted by Crippen LogP contribution is 2.35. The Bertz CT molecular complexity index is 958. The van der Waals surface area contributed by atoms with Crippen molar-refractivity contribution in [1.29, 1.82) is 0 Å². The first kappa shape index (κ1) is 26.5. The minimum Gasteiger partial charge on any atom is -0.443 e. The highest BCUT2D eigenvalue weighted by molar-refractivity contribution is 9.10. The summed E-state index contributed by atoms with van der Waals surface area (Å²) >= 11 is 3.37. The number of amides is 2. The Morgan fingerprint density at radius 3 is 2.39 bits per heavy atom. The van der Waals surface area contributed by atoms with Crippen LogP contribution in [0.1, 0.15) is 23.7 Å². The normalized spacial score (nSPS) is 11.7. The lowest BCUT2D eigenvalue weighted by Crippen LogP contribution is -2.44. The molecule has 0 radical (unpaired) electrons. The van der Waals surface area contributed by atoms with Gasteiger partial charge >= 0.3 is 18.2 Å². The Balaban J connectivity index is 2.09. The van der Waals surface area contributed by atoms with Crippen molar-refractivity contribution in [2.75, 3.05) is 24.6 Å². The zero-order valence-electron chi connectivity index (χ0n) is 17.5. The Labute approximate surface area is 195 Å². The van der Waals surface area contributed by atoms with E-state index < -0.39 is 30.7 Å². The van der Waals surface area contributed by atoms with Gasteiger partial charge in [0.05, 0.1) is 4.47 Å². The molecule has 1 heterocycles. The number of pyridine rings is 1. The first-order valence-electron chi connectivity index (χ1n) is 9.86. The molecule has 1 aromatic carbocycles. The average molecular weight is 539 g/mol. The van der Waals surface area contributed by atoms with Gasteiger partial charge in [0.25, 0.3) is 5.91 Å². The number of anilines is 1. The van der Waals surface area contributed by atoms with Gasteiger partial charge in [-0.05, 0) is 34.1 Å². The largest absolute Gasteiger partial charge is 0.456 e. The van der Waals surface area contributed by atoms with Gasteiger partial charge in [-0.2, -0.15) is 22.0 Å². The number of benzene rings is 1. The van der Waals surface area contributed by atoms with Crippen LogP contribution >= 0.6 is 15.9 Å². The molecule has 0 aliphatic heterocycles. The molecule has 33 heavy (non-hydrogen) atoms. The Hall–Kier alpha value is -2.76. The third kappa shape index (κ3) is 7.65. The molecule has 2 aromatic rings. The zero-order valence-corrected chi connectivity index (χ0v) is 19.1. The first-order chi connectivity index (χ1) is 15.4. The fourth-order valence-corrected chi connectivity index (χ4v) is 3.28. The molecular formula is C21H22BrF5N3O3+. The first-order valence-corrected chi connectivity index (χ1v) is 10.7. The summed E-state index contributed by atoms with van der Waals surface area (Å²) in [4.78, 5) is 26.2. The molecular weight excluding hydrogens is 517 g/mol. The fraction of sp³-hybridized carbons (Fsp3) is 0.381. The maximum Gasteiger partial charge on any atom is 0.456 e. The standard InChI is InChI=1S/C21H21BrF5N3O3/c1-2-9-29-12-15(11-16(22)13-29)18(31)30(17-6-4-3-5-7-17)10-8-28-19(32)33-14-20(23,24)21(25,26)27/h3-7,11-13H,2,8-10,14H2,1H3/p+1.